The van der Waals surface area contributed by atoms with Crippen molar-refractivity contribution in [2.24, 2.45) is 0 Å². The number of halogens is 1. The monoisotopic (exact) mass is 321 g/mol. The van der Waals surface area contributed by atoms with E-state index in [-0.39, 0.29) is 5.60 Å². The molecule has 1 aliphatic heterocycles. The van der Waals surface area contributed by atoms with Crippen LogP contribution in [-0.4, -0.2) is 29.8 Å². The van der Waals surface area contributed by atoms with Gasteiger partial charge in [-0.15, -0.1) is 0 Å². The number of aromatic nitrogens is 1. The molecule has 0 unspecified atom stereocenters. The fraction of sp³-hybridized carbons (Fsp3) is 0.571. The lowest BCUT2D eigenvalue weighted by Gasteiger charge is -2.51. The summed E-state index contributed by atoms with van der Waals surface area (Å²) in [6.45, 7) is 3.77. The molecule has 1 aromatic heterocycles. The average molecular weight is 322 g/mol. The van der Waals surface area contributed by atoms with Gasteiger partial charge >= 0.3 is 0 Å². The van der Waals surface area contributed by atoms with Gasteiger partial charge in [0.05, 0.1) is 24.8 Å². The van der Waals surface area contributed by atoms with Gasteiger partial charge in [0.15, 0.2) is 0 Å². The minimum Gasteiger partial charge on any atom is -0.368 e. The highest BCUT2D eigenvalue weighted by Gasteiger charge is 2.43. The van der Waals surface area contributed by atoms with Gasteiger partial charge in [0.2, 0.25) is 0 Å². The van der Waals surface area contributed by atoms with Crippen LogP contribution in [0.5, 0.6) is 0 Å². The highest BCUT2D eigenvalue weighted by Crippen LogP contribution is 2.35. The summed E-state index contributed by atoms with van der Waals surface area (Å²) >= 11 is 3.34. The molecular formula is C14H16BrN3O. The van der Waals surface area contributed by atoms with Gasteiger partial charge < -0.3 is 9.64 Å². The minimum atomic E-state index is -0.0768. The third kappa shape index (κ3) is 2.47. The van der Waals surface area contributed by atoms with Crippen molar-refractivity contribution in [3.05, 3.63) is 22.3 Å². The predicted octanol–water partition coefficient (Wildman–Crippen LogP) is 2.86. The zero-order valence-corrected chi connectivity index (χ0v) is 12.5. The van der Waals surface area contributed by atoms with E-state index in [9.17, 15) is 0 Å². The fourth-order valence-electron chi connectivity index (χ4n) is 2.64. The molecule has 0 radical (unpaired) electrons. The number of anilines is 1. The molecule has 0 amide bonds. The van der Waals surface area contributed by atoms with Crippen LogP contribution in [0.25, 0.3) is 0 Å². The van der Waals surface area contributed by atoms with Crippen LogP contribution in [-0.2, 0) is 4.74 Å². The SMILES string of the molecule is CC1(OC2CCC2)CN(c2ncc(Br)cc2C#N)C1. The molecule has 0 atom stereocenters. The lowest BCUT2D eigenvalue weighted by molar-refractivity contribution is -0.124. The minimum absolute atomic E-state index is 0.0768. The molecular weight excluding hydrogens is 306 g/mol. The van der Waals surface area contributed by atoms with Crippen molar-refractivity contribution >= 4 is 21.7 Å². The van der Waals surface area contributed by atoms with E-state index in [1.165, 1.54) is 19.3 Å². The van der Waals surface area contributed by atoms with Gasteiger partial charge in [-0.3, -0.25) is 0 Å². The Hall–Kier alpha value is -1.12. The first kappa shape index (κ1) is 12.9. The van der Waals surface area contributed by atoms with Gasteiger partial charge in [-0.2, -0.15) is 5.26 Å². The molecule has 1 aliphatic carbocycles. The molecule has 0 N–H and O–H groups in total. The second-order valence-electron chi connectivity index (χ2n) is 5.61. The fourth-order valence-corrected chi connectivity index (χ4v) is 2.97. The molecule has 3 rings (SSSR count). The first-order chi connectivity index (χ1) is 9.09. The molecule has 0 aromatic carbocycles. The van der Waals surface area contributed by atoms with Gasteiger partial charge in [-0.1, -0.05) is 0 Å². The van der Waals surface area contributed by atoms with Gasteiger partial charge in [0, 0.05) is 10.7 Å². The topological polar surface area (TPSA) is 49.1 Å². The van der Waals surface area contributed by atoms with Crippen LogP contribution in [0.4, 0.5) is 5.82 Å². The maximum Gasteiger partial charge on any atom is 0.146 e. The first-order valence-corrected chi connectivity index (χ1v) is 7.37. The van der Waals surface area contributed by atoms with E-state index in [2.05, 4.69) is 38.8 Å². The Morgan fingerprint density at radius 2 is 2.26 bits per heavy atom. The summed E-state index contributed by atoms with van der Waals surface area (Å²) in [4.78, 5) is 6.47. The smallest absolute Gasteiger partial charge is 0.146 e. The van der Waals surface area contributed by atoms with Crippen molar-refractivity contribution in [3.63, 3.8) is 0 Å². The van der Waals surface area contributed by atoms with Crippen molar-refractivity contribution in [3.8, 4) is 6.07 Å². The maximum atomic E-state index is 9.17. The first-order valence-electron chi connectivity index (χ1n) is 6.58. The largest absolute Gasteiger partial charge is 0.368 e. The molecule has 2 heterocycles. The molecule has 2 fully saturated rings. The molecule has 1 saturated heterocycles. The molecule has 1 saturated carbocycles. The van der Waals surface area contributed by atoms with Gasteiger partial charge in [0.1, 0.15) is 17.5 Å². The summed E-state index contributed by atoms with van der Waals surface area (Å²) in [6.07, 6.45) is 5.85. The Bertz CT molecular complexity index is 530. The molecule has 0 bridgehead atoms. The van der Waals surface area contributed by atoms with Crippen molar-refractivity contribution in [1.82, 2.24) is 4.98 Å². The Labute approximate surface area is 121 Å². The van der Waals surface area contributed by atoms with Gasteiger partial charge in [0.25, 0.3) is 0 Å². The Morgan fingerprint density at radius 1 is 1.53 bits per heavy atom. The summed E-state index contributed by atoms with van der Waals surface area (Å²) in [6, 6.07) is 4.01. The standard InChI is InChI=1S/C14H16BrN3O/c1-14(19-12-3-2-4-12)8-18(9-14)13-10(6-16)5-11(15)7-17-13/h5,7,12H,2-4,8-9H2,1H3. The Kier molecular flexibility index (Phi) is 3.23. The zero-order valence-electron chi connectivity index (χ0n) is 10.9. The molecule has 1 aromatic rings. The number of pyridine rings is 1. The maximum absolute atomic E-state index is 9.17. The predicted molar refractivity (Wildman–Crippen MR) is 76.0 cm³/mol. The molecule has 4 nitrogen and oxygen atoms in total. The number of rotatable bonds is 3. The zero-order chi connectivity index (χ0) is 13.5. The van der Waals surface area contributed by atoms with Crippen LogP contribution in [0.1, 0.15) is 31.7 Å². The molecule has 19 heavy (non-hydrogen) atoms. The lowest BCUT2D eigenvalue weighted by atomic mass is 9.91. The van der Waals surface area contributed by atoms with E-state index >= 15 is 0 Å². The van der Waals surface area contributed by atoms with Crippen molar-refractivity contribution < 1.29 is 4.74 Å². The third-order valence-corrected chi connectivity index (χ3v) is 4.24. The lowest BCUT2D eigenvalue weighted by Crippen LogP contribution is -2.63. The molecule has 0 spiro atoms. The van der Waals surface area contributed by atoms with E-state index in [1.807, 2.05) is 6.07 Å². The second kappa shape index (κ2) is 4.77. The Balaban J connectivity index is 1.68. The molecule has 2 aliphatic rings. The number of nitriles is 1. The highest BCUT2D eigenvalue weighted by molar-refractivity contribution is 9.10. The summed E-state index contributed by atoms with van der Waals surface area (Å²) in [5, 5.41) is 9.17. The summed E-state index contributed by atoms with van der Waals surface area (Å²) < 4.78 is 6.93. The molecule has 100 valence electrons. The van der Waals surface area contributed by atoms with Crippen molar-refractivity contribution in [2.45, 2.75) is 37.9 Å². The number of ether oxygens (including phenoxy) is 1. The van der Waals surface area contributed by atoms with E-state index < -0.39 is 0 Å². The van der Waals surface area contributed by atoms with E-state index in [0.29, 0.717) is 11.7 Å². The van der Waals surface area contributed by atoms with E-state index in [4.69, 9.17) is 10.00 Å². The van der Waals surface area contributed by atoms with Crippen LogP contribution in [0.3, 0.4) is 0 Å². The van der Waals surface area contributed by atoms with Crippen molar-refractivity contribution in [2.75, 3.05) is 18.0 Å². The second-order valence-corrected chi connectivity index (χ2v) is 6.53. The van der Waals surface area contributed by atoms with E-state index in [0.717, 1.165) is 23.4 Å². The van der Waals surface area contributed by atoms with Gasteiger partial charge in [-0.05, 0) is 48.2 Å². The third-order valence-electron chi connectivity index (χ3n) is 3.81. The van der Waals surface area contributed by atoms with Crippen molar-refractivity contribution in [1.29, 1.82) is 5.26 Å². The highest BCUT2D eigenvalue weighted by atomic mass is 79.9. The number of hydrogen-bond acceptors (Lipinski definition) is 4. The van der Waals surface area contributed by atoms with E-state index in [1.54, 1.807) is 6.20 Å². The average Bonchev–Trinajstić information content (AvgIpc) is 2.30. The number of nitrogens with zero attached hydrogens (tertiary/aromatic N) is 3. The molecule has 5 heteroatoms. The summed E-state index contributed by atoms with van der Waals surface area (Å²) in [5.41, 5.74) is 0.534. The van der Waals surface area contributed by atoms with Crippen LogP contribution >= 0.6 is 15.9 Å². The quantitative estimate of drug-likeness (QED) is 0.859. The van der Waals surface area contributed by atoms with Crippen LogP contribution < -0.4 is 4.90 Å². The van der Waals surface area contributed by atoms with Gasteiger partial charge in [-0.25, -0.2) is 4.98 Å². The summed E-state index contributed by atoms with van der Waals surface area (Å²) in [5.74, 6) is 0.764. The van der Waals surface area contributed by atoms with Crippen LogP contribution in [0.15, 0.2) is 16.7 Å². The van der Waals surface area contributed by atoms with Crippen LogP contribution in [0.2, 0.25) is 0 Å². The summed E-state index contributed by atoms with van der Waals surface area (Å²) in [7, 11) is 0. The Morgan fingerprint density at radius 3 is 2.84 bits per heavy atom. The number of hydrogen-bond donors (Lipinski definition) is 0. The van der Waals surface area contributed by atoms with Crippen LogP contribution in [0, 0.1) is 11.3 Å². The normalized spacial score (nSPS) is 21.4.